The molecule has 43 heavy (non-hydrogen) atoms. The van der Waals surface area contributed by atoms with Gasteiger partial charge in [0.05, 0.1) is 17.0 Å². The summed E-state index contributed by atoms with van der Waals surface area (Å²) in [6.45, 7) is 9.27. The van der Waals surface area contributed by atoms with Gasteiger partial charge in [-0.1, -0.05) is 17.7 Å². The van der Waals surface area contributed by atoms with Gasteiger partial charge in [0.25, 0.3) is 6.43 Å². The molecule has 0 N–H and O–H groups in total. The molecule has 1 fully saturated rings. The first-order chi connectivity index (χ1) is 20.2. The monoisotopic (exact) mass is 618 g/mol. The highest BCUT2D eigenvalue weighted by Gasteiger charge is 2.50. The number of amides is 1. The van der Waals surface area contributed by atoms with Gasteiger partial charge in [0, 0.05) is 19.3 Å². The smallest absolute Gasteiger partial charge is 0.410 e. The lowest BCUT2D eigenvalue weighted by molar-refractivity contribution is -0.147. The van der Waals surface area contributed by atoms with Crippen molar-refractivity contribution in [3.05, 3.63) is 69.5 Å². The number of carbonyl (C=O) groups is 1. The minimum atomic E-state index is -2.96. The molecule has 0 saturated carbocycles. The summed E-state index contributed by atoms with van der Waals surface area (Å²) in [5.41, 5.74) is 1.65. The van der Waals surface area contributed by atoms with Crippen LogP contribution in [-0.2, 0) is 33.6 Å². The van der Waals surface area contributed by atoms with E-state index in [0.717, 1.165) is 5.57 Å². The maximum atomic E-state index is 15.3. The number of hydrogen-bond donors (Lipinski definition) is 0. The number of hydrogen-bond acceptors (Lipinski definition) is 6. The summed E-state index contributed by atoms with van der Waals surface area (Å²) in [6, 6.07) is 2.84. The van der Waals surface area contributed by atoms with Gasteiger partial charge in [0.1, 0.15) is 40.8 Å². The Kier molecular flexibility index (Phi) is 7.50. The molecule has 6 rings (SSSR count). The molecule has 0 unspecified atom stereocenters. The fraction of sp³-hybridized carbons (Fsp3) is 0.516. The van der Waals surface area contributed by atoms with E-state index in [1.165, 1.54) is 17.3 Å². The molecule has 1 saturated heterocycles. The fourth-order valence-corrected chi connectivity index (χ4v) is 6.53. The van der Waals surface area contributed by atoms with Crippen molar-refractivity contribution < 1.29 is 32.2 Å². The van der Waals surface area contributed by atoms with E-state index in [0.29, 0.717) is 40.2 Å². The average molecular weight is 619 g/mol. The molecular weight excluding hydrogens is 585 g/mol. The second-order valence-corrected chi connectivity index (χ2v) is 13.1. The summed E-state index contributed by atoms with van der Waals surface area (Å²) in [7, 11) is 0. The normalized spacial score (nSPS) is 23.1. The van der Waals surface area contributed by atoms with Crippen LogP contribution in [0.2, 0.25) is 5.15 Å². The number of rotatable bonds is 5. The number of aromatic nitrogens is 3. The molecular formula is C31H34ClF3N4O4. The van der Waals surface area contributed by atoms with E-state index in [1.807, 2.05) is 30.7 Å². The van der Waals surface area contributed by atoms with Crippen LogP contribution < -0.4 is 0 Å². The van der Waals surface area contributed by atoms with Crippen molar-refractivity contribution in [1.29, 1.82) is 0 Å². The Bertz CT molecular complexity index is 1620. The third-order valence-corrected chi connectivity index (χ3v) is 8.45. The lowest BCUT2D eigenvalue weighted by atomic mass is 9.88. The highest BCUT2D eigenvalue weighted by Crippen LogP contribution is 2.46. The highest BCUT2D eigenvalue weighted by atomic mass is 35.5. The molecule has 3 aromatic rings. The molecule has 1 aromatic carbocycles. The first-order valence-electron chi connectivity index (χ1n) is 14.3. The molecule has 12 heteroatoms. The van der Waals surface area contributed by atoms with Gasteiger partial charge in [-0.3, -0.25) is 0 Å². The highest BCUT2D eigenvalue weighted by molar-refractivity contribution is 6.33. The van der Waals surface area contributed by atoms with Gasteiger partial charge < -0.3 is 23.7 Å². The van der Waals surface area contributed by atoms with E-state index in [4.69, 9.17) is 25.8 Å². The van der Waals surface area contributed by atoms with Crippen LogP contribution in [0, 0.1) is 5.82 Å². The fourth-order valence-electron chi connectivity index (χ4n) is 6.34. The van der Waals surface area contributed by atoms with Gasteiger partial charge in [-0.15, -0.1) is 0 Å². The van der Waals surface area contributed by atoms with E-state index in [9.17, 15) is 13.6 Å². The predicted molar refractivity (Wildman–Crippen MR) is 154 cm³/mol. The Morgan fingerprint density at radius 3 is 2.70 bits per heavy atom. The molecule has 230 valence electrons. The first-order valence-corrected chi connectivity index (χ1v) is 14.7. The number of ether oxygens (including phenoxy) is 3. The summed E-state index contributed by atoms with van der Waals surface area (Å²) in [5.74, 6) is -1.73. The van der Waals surface area contributed by atoms with Gasteiger partial charge in [-0.25, -0.2) is 27.9 Å². The van der Waals surface area contributed by atoms with E-state index in [-0.39, 0.29) is 43.3 Å². The zero-order chi connectivity index (χ0) is 30.8. The molecule has 0 spiro atoms. The number of alkyl halides is 2. The Labute approximate surface area is 252 Å². The molecule has 2 aromatic heterocycles. The minimum absolute atomic E-state index is 0.0796. The quantitative estimate of drug-likeness (QED) is 0.224. The number of fused-ring (bicyclic) bond motifs is 3. The van der Waals surface area contributed by atoms with Gasteiger partial charge >= 0.3 is 6.09 Å². The van der Waals surface area contributed by atoms with Gasteiger partial charge in [-0.2, -0.15) is 0 Å². The van der Waals surface area contributed by atoms with E-state index in [2.05, 4.69) is 16.0 Å². The number of benzene rings is 1. The SMILES string of the molecule is CC(C)(C)OC(=O)N1CCc2c(F)c(C(F)F)cc(CCC3=C[C@@H](n4ccc5c(Cl)ncnc54)[C@@H]4OC(C)(C)O[C@H]34)c2C1. The molecule has 3 aliphatic rings. The van der Waals surface area contributed by atoms with Crippen molar-refractivity contribution >= 4 is 28.7 Å². The third-order valence-electron chi connectivity index (χ3n) is 8.15. The Morgan fingerprint density at radius 1 is 1.21 bits per heavy atom. The van der Waals surface area contributed by atoms with Crippen LogP contribution in [0.4, 0.5) is 18.0 Å². The Morgan fingerprint density at radius 2 is 1.98 bits per heavy atom. The summed E-state index contributed by atoms with van der Waals surface area (Å²) in [6.07, 6.45) is 2.08. The summed E-state index contributed by atoms with van der Waals surface area (Å²) in [4.78, 5) is 22.8. The molecule has 4 heterocycles. The van der Waals surface area contributed by atoms with Crippen LogP contribution in [0.5, 0.6) is 0 Å². The van der Waals surface area contributed by atoms with Crippen LogP contribution in [0.3, 0.4) is 0 Å². The zero-order valence-electron chi connectivity index (χ0n) is 24.7. The summed E-state index contributed by atoms with van der Waals surface area (Å²) >= 11 is 6.30. The largest absolute Gasteiger partial charge is 0.444 e. The van der Waals surface area contributed by atoms with E-state index < -0.39 is 35.3 Å². The van der Waals surface area contributed by atoms with Crippen LogP contribution in [0.1, 0.15) is 75.8 Å². The van der Waals surface area contributed by atoms with Gasteiger partial charge in [0.15, 0.2) is 5.79 Å². The van der Waals surface area contributed by atoms with Crippen molar-refractivity contribution in [1.82, 2.24) is 19.4 Å². The van der Waals surface area contributed by atoms with Crippen LogP contribution in [-0.4, -0.2) is 55.7 Å². The minimum Gasteiger partial charge on any atom is -0.444 e. The first kappa shape index (κ1) is 29.9. The lowest BCUT2D eigenvalue weighted by Crippen LogP contribution is -2.40. The van der Waals surface area contributed by atoms with Gasteiger partial charge in [0.2, 0.25) is 0 Å². The molecule has 0 radical (unpaired) electrons. The van der Waals surface area contributed by atoms with Gasteiger partial charge in [-0.05, 0) is 88.3 Å². The zero-order valence-corrected chi connectivity index (χ0v) is 25.4. The van der Waals surface area contributed by atoms with Crippen molar-refractivity contribution in [2.24, 2.45) is 0 Å². The van der Waals surface area contributed by atoms with Crippen molar-refractivity contribution in [2.75, 3.05) is 6.54 Å². The standard InChI is InChI=1S/C31H34ClF3N4O4/c1-30(2,3)43-29(40)38-10-8-18-21(14-38)16(12-20(23(18)33)27(34)35)6-7-17-13-22(25-24(17)41-31(4,5)42-25)39-11-9-19-26(32)36-15-37-28(19)39/h9,11-13,15,22,24-25,27H,6-8,10,14H2,1-5H3/t22-,24-,25+/m1/s1. The maximum absolute atomic E-state index is 15.3. The second-order valence-electron chi connectivity index (χ2n) is 12.7. The predicted octanol–water partition coefficient (Wildman–Crippen LogP) is 7.09. The number of halogens is 4. The number of carbonyl (C=O) groups excluding carboxylic acids is 1. The molecule has 1 aliphatic carbocycles. The summed E-state index contributed by atoms with van der Waals surface area (Å²) in [5, 5.41) is 1.07. The number of aryl methyl sites for hydroxylation is 1. The lowest BCUT2D eigenvalue weighted by Gasteiger charge is -2.33. The molecule has 1 amide bonds. The second kappa shape index (κ2) is 10.8. The maximum Gasteiger partial charge on any atom is 0.410 e. The molecule has 8 nitrogen and oxygen atoms in total. The topological polar surface area (TPSA) is 78.7 Å². The van der Waals surface area contributed by atoms with Crippen LogP contribution >= 0.6 is 11.6 Å². The Hall–Kier alpha value is -3.15. The van der Waals surface area contributed by atoms with Crippen molar-refractivity contribution in [3.8, 4) is 0 Å². The van der Waals surface area contributed by atoms with E-state index >= 15 is 4.39 Å². The average Bonchev–Trinajstić information content (AvgIpc) is 3.58. The van der Waals surface area contributed by atoms with E-state index in [1.54, 1.807) is 20.8 Å². The van der Waals surface area contributed by atoms with Crippen LogP contribution in [0.25, 0.3) is 11.0 Å². The number of nitrogens with zero attached hydrogens (tertiary/aromatic N) is 4. The molecule has 2 aliphatic heterocycles. The molecule has 3 atom stereocenters. The summed E-state index contributed by atoms with van der Waals surface area (Å²) < 4.78 is 63.3. The van der Waals surface area contributed by atoms with Crippen molar-refractivity contribution in [2.45, 2.75) is 96.5 Å². The van der Waals surface area contributed by atoms with Crippen molar-refractivity contribution in [3.63, 3.8) is 0 Å². The Balaban J connectivity index is 1.32. The third kappa shape index (κ3) is 5.62. The molecule has 0 bridgehead atoms. The van der Waals surface area contributed by atoms with Crippen LogP contribution in [0.15, 0.2) is 36.3 Å².